The SMILES string of the molecule is O[C@H](c1ccccc1)[C@@H](Sc1ccc2ccccc2n1)c1ccccc1. The summed E-state index contributed by atoms with van der Waals surface area (Å²) in [5.41, 5.74) is 2.97. The lowest BCUT2D eigenvalue weighted by atomic mass is 10.0. The van der Waals surface area contributed by atoms with Crippen molar-refractivity contribution in [3.63, 3.8) is 0 Å². The van der Waals surface area contributed by atoms with Gasteiger partial charge in [0.2, 0.25) is 0 Å². The molecule has 3 heteroatoms. The van der Waals surface area contributed by atoms with E-state index in [1.807, 2.05) is 72.8 Å². The molecule has 2 nitrogen and oxygen atoms in total. The number of hydrogen-bond donors (Lipinski definition) is 1. The van der Waals surface area contributed by atoms with Crippen LogP contribution in [0.15, 0.2) is 102 Å². The van der Waals surface area contributed by atoms with Crippen LogP contribution in [-0.2, 0) is 0 Å². The molecule has 0 aliphatic rings. The molecule has 0 unspecified atom stereocenters. The minimum atomic E-state index is -0.614. The summed E-state index contributed by atoms with van der Waals surface area (Å²) in [6, 6.07) is 32.2. The average molecular weight is 357 g/mol. The second-order valence-corrected chi connectivity index (χ2v) is 7.31. The molecule has 1 aromatic heterocycles. The number of pyridine rings is 1. The standard InChI is InChI=1S/C23H19NOS/c25-22(18-10-3-1-4-11-18)23(19-12-5-2-6-13-19)26-21-16-15-17-9-7-8-14-20(17)24-21/h1-16,22-23,25H/t22-,23+/m1/s1. The highest BCUT2D eigenvalue weighted by Gasteiger charge is 2.24. The second-order valence-electron chi connectivity index (χ2n) is 6.15. The monoisotopic (exact) mass is 357 g/mol. The smallest absolute Gasteiger partial charge is 0.0974 e. The zero-order valence-corrected chi connectivity index (χ0v) is 15.0. The van der Waals surface area contributed by atoms with Gasteiger partial charge in [0.05, 0.1) is 21.9 Å². The number of thioether (sulfide) groups is 1. The van der Waals surface area contributed by atoms with Crippen molar-refractivity contribution in [3.05, 3.63) is 108 Å². The molecule has 0 saturated carbocycles. The van der Waals surface area contributed by atoms with E-state index in [4.69, 9.17) is 4.98 Å². The van der Waals surface area contributed by atoms with Crippen molar-refractivity contribution in [2.75, 3.05) is 0 Å². The number of fused-ring (bicyclic) bond motifs is 1. The maximum Gasteiger partial charge on any atom is 0.0974 e. The van der Waals surface area contributed by atoms with Crippen LogP contribution in [0.1, 0.15) is 22.5 Å². The molecule has 0 aliphatic heterocycles. The Hall–Kier alpha value is -2.62. The second kappa shape index (κ2) is 7.73. The molecule has 1 N–H and O–H groups in total. The molecule has 128 valence electrons. The van der Waals surface area contributed by atoms with Crippen molar-refractivity contribution in [1.29, 1.82) is 0 Å². The van der Waals surface area contributed by atoms with Crippen LogP contribution in [0.5, 0.6) is 0 Å². The first-order valence-electron chi connectivity index (χ1n) is 8.62. The van der Waals surface area contributed by atoms with E-state index in [1.165, 1.54) is 0 Å². The number of para-hydroxylation sites is 1. The van der Waals surface area contributed by atoms with Crippen molar-refractivity contribution >= 4 is 22.7 Å². The predicted octanol–water partition coefficient (Wildman–Crippen LogP) is 5.80. The van der Waals surface area contributed by atoms with Crippen LogP contribution in [-0.4, -0.2) is 10.1 Å². The summed E-state index contributed by atoms with van der Waals surface area (Å²) in [6.07, 6.45) is -0.614. The Kier molecular flexibility index (Phi) is 5.00. The fraction of sp³-hybridized carbons (Fsp3) is 0.0870. The number of hydrogen-bond acceptors (Lipinski definition) is 3. The van der Waals surface area contributed by atoms with Crippen LogP contribution in [0.3, 0.4) is 0 Å². The Morgan fingerprint density at radius 2 is 1.27 bits per heavy atom. The molecular formula is C23H19NOS. The topological polar surface area (TPSA) is 33.1 Å². The van der Waals surface area contributed by atoms with Gasteiger partial charge in [0.15, 0.2) is 0 Å². The van der Waals surface area contributed by atoms with E-state index in [-0.39, 0.29) is 5.25 Å². The van der Waals surface area contributed by atoms with Crippen LogP contribution < -0.4 is 0 Å². The van der Waals surface area contributed by atoms with Crippen LogP contribution in [0.25, 0.3) is 10.9 Å². The number of aliphatic hydroxyl groups excluding tert-OH is 1. The van der Waals surface area contributed by atoms with E-state index >= 15 is 0 Å². The fourth-order valence-corrected chi connectivity index (χ4v) is 4.16. The Labute approximate surface area is 157 Å². The first-order valence-corrected chi connectivity index (χ1v) is 9.49. The first kappa shape index (κ1) is 16.8. The third-order valence-electron chi connectivity index (χ3n) is 4.38. The van der Waals surface area contributed by atoms with Gasteiger partial charge in [-0.2, -0.15) is 0 Å². The van der Waals surface area contributed by atoms with Gasteiger partial charge >= 0.3 is 0 Å². The van der Waals surface area contributed by atoms with E-state index in [2.05, 4.69) is 24.3 Å². The number of rotatable bonds is 5. The van der Waals surface area contributed by atoms with Gasteiger partial charge in [0, 0.05) is 5.39 Å². The number of aromatic nitrogens is 1. The van der Waals surface area contributed by atoms with Gasteiger partial charge in [-0.1, -0.05) is 96.7 Å². The molecule has 0 amide bonds. The van der Waals surface area contributed by atoms with Gasteiger partial charge in [0.1, 0.15) is 0 Å². The highest BCUT2D eigenvalue weighted by Crippen LogP contribution is 2.43. The molecule has 0 aliphatic carbocycles. The lowest BCUT2D eigenvalue weighted by Crippen LogP contribution is -2.08. The maximum atomic E-state index is 11.1. The van der Waals surface area contributed by atoms with E-state index in [1.54, 1.807) is 11.8 Å². The molecule has 26 heavy (non-hydrogen) atoms. The Balaban J connectivity index is 1.70. The highest BCUT2D eigenvalue weighted by atomic mass is 32.2. The van der Waals surface area contributed by atoms with Crippen molar-refractivity contribution in [2.45, 2.75) is 16.4 Å². The summed E-state index contributed by atoms with van der Waals surface area (Å²) < 4.78 is 0. The summed E-state index contributed by atoms with van der Waals surface area (Å²) in [4.78, 5) is 4.77. The largest absolute Gasteiger partial charge is 0.387 e. The maximum absolute atomic E-state index is 11.1. The Morgan fingerprint density at radius 1 is 0.654 bits per heavy atom. The van der Waals surface area contributed by atoms with E-state index < -0.39 is 6.10 Å². The fourth-order valence-electron chi connectivity index (χ4n) is 3.03. The van der Waals surface area contributed by atoms with Gasteiger partial charge in [0.25, 0.3) is 0 Å². The van der Waals surface area contributed by atoms with Gasteiger partial charge in [-0.25, -0.2) is 4.98 Å². The Morgan fingerprint density at radius 3 is 2.00 bits per heavy atom. The van der Waals surface area contributed by atoms with Gasteiger partial charge in [-0.05, 0) is 23.3 Å². The lowest BCUT2D eigenvalue weighted by molar-refractivity contribution is 0.175. The molecule has 2 atom stereocenters. The third-order valence-corrected chi connectivity index (χ3v) is 5.63. The minimum absolute atomic E-state index is 0.132. The summed E-state index contributed by atoms with van der Waals surface area (Å²) in [6.45, 7) is 0. The normalized spacial score (nSPS) is 13.4. The van der Waals surface area contributed by atoms with Crippen molar-refractivity contribution in [1.82, 2.24) is 4.98 Å². The molecule has 0 saturated heterocycles. The van der Waals surface area contributed by atoms with Crippen molar-refractivity contribution in [3.8, 4) is 0 Å². The van der Waals surface area contributed by atoms with E-state index in [0.29, 0.717) is 0 Å². The molecule has 3 aromatic carbocycles. The van der Waals surface area contributed by atoms with Crippen molar-refractivity contribution in [2.24, 2.45) is 0 Å². The molecule has 1 heterocycles. The van der Waals surface area contributed by atoms with Gasteiger partial charge in [-0.15, -0.1) is 0 Å². The quantitative estimate of drug-likeness (QED) is 0.458. The van der Waals surface area contributed by atoms with Crippen LogP contribution in [0, 0.1) is 0 Å². The van der Waals surface area contributed by atoms with Crippen molar-refractivity contribution < 1.29 is 5.11 Å². The third kappa shape index (κ3) is 3.64. The number of nitrogens with zero attached hydrogens (tertiary/aromatic N) is 1. The molecule has 0 spiro atoms. The molecule has 0 bridgehead atoms. The minimum Gasteiger partial charge on any atom is -0.387 e. The molecular weight excluding hydrogens is 338 g/mol. The van der Waals surface area contributed by atoms with Crippen LogP contribution >= 0.6 is 11.8 Å². The summed E-state index contributed by atoms with van der Waals surface area (Å²) in [5.74, 6) is 0. The number of aliphatic hydroxyl groups is 1. The number of benzene rings is 3. The molecule has 4 rings (SSSR count). The highest BCUT2D eigenvalue weighted by molar-refractivity contribution is 7.99. The molecule has 4 aromatic rings. The summed E-state index contributed by atoms with van der Waals surface area (Å²) in [7, 11) is 0. The predicted molar refractivity (Wildman–Crippen MR) is 108 cm³/mol. The van der Waals surface area contributed by atoms with E-state index in [9.17, 15) is 5.11 Å². The first-order chi connectivity index (χ1) is 12.8. The Bertz CT molecular complexity index is 988. The van der Waals surface area contributed by atoms with E-state index in [0.717, 1.165) is 27.1 Å². The zero-order valence-electron chi connectivity index (χ0n) is 14.2. The van der Waals surface area contributed by atoms with Gasteiger partial charge < -0.3 is 5.11 Å². The van der Waals surface area contributed by atoms with Gasteiger partial charge in [-0.3, -0.25) is 0 Å². The summed E-state index contributed by atoms with van der Waals surface area (Å²) in [5, 5.41) is 13.0. The van der Waals surface area contributed by atoms with Crippen LogP contribution in [0.2, 0.25) is 0 Å². The average Bonchev–Trinajstić information content (AvgIpc) is 2.73. The van der Waals surface area contributed by atoms with Crippen LogP contribution in [0.4, 0.5) is 0 Å². The molecule has 0 fully saturated rings. The molecule has 0 radical (unpaired) electrons. The lowest BCUT2D eigenvalue weighted by Gasteiger charge is -2.23. The summed E-state index contributed by atoms with van der Waals surface area (Å²) >= 11 is 1.60. The zero-order chi connectivity index (χ0) is 17.8.